The number of nitrogens with one attached hydrogen (secondary N) is 2. The van der Waals surface area contributed by atoms with Gasteiger partial charge in [0.05, 0.1) is 11.3 Å². The Balaban J connectivity index is 1.41. The van der Waals surface area contributed by atoms with Crippen LogP contribution in [0.4, 0.5) is 17.2 Å². The lowest BCUT2D eigenvalue weighted by Gasteiger charge is -2.32. The average Bonchev–Trinajstić information content (AvgIpc) is 2.89. The van der Waals surface area contributed by atoms with Gasteiger partial charge in [0, 0.05) is 43.5 Å². The molecule has 2 fully saturated rings. The summed E-state index contributed by atoms with van der Waals surface area (Å²) < 4.78 is 0. The van der Waals surface area contributed by atoms with E-state index in [1.165, 1.54) is 37.7 Å². The number of pyridine rings is 1. The summed E-state index contributed by atoms with van der Waals surface area (Å²) in [5.74, 6) is 1.54. The summed E-state index contributed by atoms with van der Waals surface area (Å²) in [6.07, 6.45) is 10.4. The maximum atomic E-state index is 12.0. The van der Waals surface area contributed by atoms with Crippen LogP contribution in [-0.4, -0.2) is 40.8 Å². The second-order valence-corrected chi connectivity index (χ2v) is 10.1. The van der Waals surface area contributed by atoms with E-state index in [9.17, 15) is 9.59 Å². The maximum Gasteiger partial charge on any atom is 0.252 e. The van der Waals surface area contributed by atoms with Gasteiger partial charge in [-0.25, -0.2) is 4.98 Å². The first kappa shape index (κ1) is 25.0. The molecule has 7 nitrogen and oxygen atoms in total. The predicted molar refractivity (Wildman–Crippen MR) is 141 cm³/mol. The zero-order valence-corrected chi connectivity index (χ0v) is 21.1. The number of primary amides is 1. The quantitative estimate of drug-likeness (QED) is 0.471. The maximum absolute atomic E-state index is 12.0. The first-order valence-electron chi connectivity index (χ1n) is 13.2. The number of carbonyl (C=O) groups excluding carboxylic acids is 2. The van der Waals surface area contributed by atoms with Crippen molar-refractivity contribution in [3.63, 3.8) is 0 Å². The van der Waals surface area contributed by atoms with E-state index in [0.717, 1.165) is 37.3 Å². The van der Waals surface area contributed by atoms with Crippen molar-refractivity contribution in [2.45, 2.75) is 77.2 Å². The molecule has 2 aromatic rings. The molecule has 1 aliphatic heterocycles. The van der Waals surface area contributed by atoms with Gasteiger partial charge in [-0.15, -0.1) is 0 Å². The minimum absolute atomic E-state index is 0.250. The highest BCUT2D eigenvalue weighted by atomic mass is 16.2. The topological polar surface area (TPSA) is 100 Å². The Labute approximate surface area is 208 Å². The molecule has 188 valence electrons. The number of hydrogen-bond donors (Lipinski definition) is 3. The van der Waals surface area contributed by atoms with Crippen molar-refractivity contribution < 1.29 is 9.59 Å². The number of nitrogens with zero attached hydrogens (tertiary/aromatic N) is 2. The van der Waals surface area contributed by atoms with Gasteiger partial charge in [-0.1, -0.05) is 38.3 Å². The second kappa shape index (κ2) is 11.6. The summed E-state index contributed by atoms with van der Waals surface area (Å²) in [6, 6.07) is 10.6. The van der Waals surface area contributed by atoms with E-state index < -0.39 is 5.91 Å². The van der Waals surface area contributed by atoms with Gasteiger partial charge >= 0.3 is 0 Å². The molecule has 0 spiro atoms. The van der Waals surface area contributed by atoms with Crippen LogP contribution in [0.25, 0.3) is 0 Å². The van der Waals surface area contributed by atoms with Gasteiger partial charge < -0.3 is 21.3 Å². The number of hydrogen-bond acceptors (Lipinski definition) is 5. The molecule has 1 aromatic heterocycles. The van der Waals surface area contributed by atoms with Crippen molar-refractivity contribution in [2.24, 2.45) is 11.7 Å². The van der Waals surface area contributed by atoms with E-state index in [1.54, 1.807) is 6.20 Å². The second-order valence-electron chi connectivity index (χ2n) is 10.1. The lowest BCUT2D eigenvalue weighted by Crippen LogP contribution is -2.37. The van der Waals surface area contributed by atoms with Crippen molar-refractivity contribution in [2.75, 3.05) is 23.7 Å². The van der Waals surface area contributed by atoms with Crippen LogP contribution in [0.3, 0.4) is 0 Å². The Morgan fingerprint density at radius 3 is 2.40 bits per heavy atom. The summed E-state index contributed by atoms with van der Waals surface area (Å²) in [7, 11) is 0. The number of anilines is 3. The Hall–Kier alpha value is -3.09. The van der Waals surface area contributed by atoms with E-state index in [2.05, 4.69) is 46.8 Å². The van der Waals surface area contributed by atoms with E-state index >= 15 is 0 Å². The third-order valence-electron chi connectivity index (χ3n) is 7.71. The van der Waals surface area contributed by atoms with E-state index in [1.807, 2.05) is 17.9 Å². The highest BCUT2D eigenvalue weighted by molar-refractivity contribution is 5.98. The first-order valence-corrected chi connectivity index (χ1v) is 13.2. The number of nitrogens with two attached hydrogens (primary N) is 1. The van der Waals surface area contributed by atoms with Gasteiger partial charge in [-0.3, -0.25) is 9.59 Å². The van der Waals surface area contributed by atoms with Crippen LogP contribution in [0.1, 0.15) is 87.1 Å². The molecule has 0 bridgehead atoms. The summed E-state index contributed by atoms with van der Waals surface area (Å²) in [4.78, 5) is 30.4. The molecular formula is C28H39N5O2. The van der Waals surface area contributed by atoms with E-state index in [0.29, 0.717) is 29.6 Å². The molecule has 1 aromatic carbocycles. The third kappa shape index (κ3) is 6.32. The molecule has 1 atom stereocenters. The molecule has 2 heterocycles. The summed E-state index contributed by atoms with van der Waals surface area (Å²) in [6.45, 7) is 5.79. The smallest absolute Gasteiger partial charge is 0.252 e. The van der Waals surface area contributed by atoms with Crippen LogP contribution in [0.15, 0.2) is 36.5 Å². The fourth-order valence-corrected chi connectivity index (χ4v) is 5.51. The van der Waals surface area contributed by atoms with Crippen LogP contribution in [-0.2, 0) is 4.79 Å². The molecule has 1 unspecified atom stereocenters. The molecule has 1 saturated heterocycles. The van der Waals surface area contributed by atoms with Crippen molar-refractivity contribution in [3.05, 3.63) is 47.7 Å². The van der Waals surface area contributed by atoms with Crippen LogP contribution in [0.5, 0.6) is 0 Å². The summed E-state index contributed by atoms with van der Waals surface area (Å²) in [5.41, 5.74) is 9.03. The van der Waals surface area contributed by atoms with Crippen molar-refractivity contribution >= 4 is 29.0 Å². The fourth-order valence-electron chi connectivity index (χ4n) is 5.51. The Morgan fingerprint density at radius 2 is 1.77 bits per heavy atom. The van der Waals surface area contributed by atoms with E-state index in [-0.39, 0.29) is 11.9 Å². The largest absolute Gasteiger partial charge is 0.382 e. The predicted octanol–water partition coefficient (Wildman–Crippen LogP) is 5.42. The van der Waals surface area contributed by atoms with Crippen LogP contribution in [0, 0.1) is 5.92 Å². The Kier molecular flexibility index (Phi) is 8.26. The van der Waals surface area contributed by atoms with Gasteiger partial charge in [0.1, 0.15) is 5.82 Å². The summed E-state index contributed by atoms with van der Waals surface area (Å²) >= 11 is 0. The number of aromatic nitrogens is 1. The fraction of sp³-hybridized carbons (Fsp3) is 0.536. The average molecular weight is 478 g/mol. The minimum Gasteiger partial charge on any atom is -0.382 e. The zero-order chi connectivity index (χ0) is 24.8. The number of rotatable bonds is 8. The molecule has 2 amide bonds. The first-order chi connectivity index (χ1) is 16.9. The molecule has 35 heavy (non-hydrogen) atoms. The molecule has 0 radical (unpaired) electrons. The van der Waals surface area contributed by atoms with Gasteiger partial charge in [-0.2, -0.15) is 0 Å². The zero-order valence-electron chi connectivity index (χ0n) is 21.1. The van der Waals surface area contributed by atoms with Crippen molar-refractivity contribution in [1.29, 1.82) is 0 Å². The highest BCUT2D eigenvalue weighted by Crippen LogP contribution is 2.31. The number of likely N-dealkylation sites (tertiary alicyclic amines) is 1. The standard InChI is InChI=1S/C28H39N5O2/c1-3-27(34)33-15-13-22(14-16-33)21-9-11-23(12-10-21)32-26-17-25(24(18-30-26)28(29)35)31-19(2)20-7-5-4-6-8-20/h9-12,17-20,22H,3-8,13-16H2,1-2H3,(H2,29,35)(H2,30,31,32). The number of benzene rings is 1. The molecule has 4 rings (SSSR count). The monoisotopic (exact) mass is 477 g/mol. The number of piperidine rings is 1. The Bertz CT molecular complexity index is 1010. The lowest BCUT2D eigenvalue weighted by molar-refractivity contribution is -0.131. The molecule has 1 saturated carbocycles. The molecule has 1 aliphatic carbocycles. The summed E-state index contributed by atoms with van der Waals surface area (Å²) in [5, 5.41) is 6.91. The van der Waals surface area contributed by atoms with Crippen LogP contribution in [0.2, 0.25) is 0 Å². The lowest BCUT2D eigenvalue weighted by atomic mass is 9.84. The normalized spacial score (nSPS) is 18.2. The molecule has 4 N–H and O–H groups in total. The van der Waals surface area contributed by atoms with Gasteiger partial charge in [0.2, 0.25) is 5.91 Å². The minimum atomic E-state index is -0.474. The van der Waals surface area contributed by atoms with Crippen LogP contribution >= 0.6 is 0 Å². The highest BCUT2D eigenvalue weighted by Gasteiger charge is 2.23. The van der Waals surface area contributed by atoms with Gasteiger partial charge in [0.25, 0.3) is 5.91 Å². The van der Waals surface area contributed by atoms with E-state index in [4.69, 9.17) is 5.73 Å². The van der Waals surface area contributed by atoms with Crippen molar-refractivity contribution in [1.82, 2.24) is 9.88 Å². The third-order valence-corrected chi connectivity index (χ3v) is 7.71. The van der Waals surface area contributed by atoms with Gasteiger partial charge in [0.15, 0.2) is 0 Å². The molecule has 7 heteroatoms. The SMILES string of the molecule is CCC(=O)N1CCC(c2ccc(Nc3cc(NC(C)C4CCCCC4)c(C(N)=O)cn3)cc2)CC1. The molecular weight excluding hydrogens is 438 g/mol. The van der Waals surface area contributed by atoms with Crippen molar-refractivity contribution in [3.8, 4) is 0 Å². The van der Waals surface area contributed by atoms with Crippen LogP contribution < -0.4 is 16.4 Å². The number of carbonyl (C=O) groups is 2. The number of amides is 2. The molecule has 2 aliphatic rings. The van der Waals surface area contributed by atoms with Gasteiger partial charge in [-0.05, 0) is 62.1 Å². The Morgan fingerprint density at radius 1 is 1.09 bits per heavy atom.